The smallest absolute Gasteiger partial charge is 0.272 e. The van der Waals surface area contributed by atoms with Gasteiger partial charge in [0.15, 0.2) is 5.69 Å². The van der Waals surface area contributed by atoms with Gasteiger partial charge in [0.05, 0.1) is 15.7 Å². The van der Waals surface area contributed by atoms with E-state index >= 15 is 0 Å². The summed E-state index contributed by atoms with van der Waals surface area (Å²) in [6.45, 7) is 0.818. The monoisotopic (exact) mass is 433 g/mol. The van der Waals surface area contributed by atoms with Gasteiger partial charge in [0.1, 0.15) is 11.6 Å². The molecule has 0 saturated heterocycles. The highest BCUT2D eigenvalue weighted by Gasteiger charge is 2.26. The van der Waals surface area contributed by atoms with E-state index in [2.05, 4.69) is 20.7 Å². The Kier molecular flexibility index (Phi) is 5.69. The third-order valence-electron chi connectivity index (χ3n) is 4.73. The molecule has 29 heavy (non-hydrogen) atoms. The van der Waals surface area contributed by atoms with Gasteiger partial charge in [-0.3, -0.25) is 4.79 Å². The Morgan fingerprint density at radius 1 is 1.17 bits per heavy atom. The number of carbonyl (C=O) groups is 1. The molecular formula is C20H18Cl2FN5O. The van der Waals surface area contributed by atoms with Crippen LogP contribution in [0.25, 0.3) is 5.69 Å². The minimum absolute atomic E-state index is 0.235. The molecule has 150 valence electrons. The number of halogens is 3. The molecule has 1 aliphatic rings. The first-order valence-electron chi connectivity index (χ1n) is 9.23. The van der Waals surface area contributed by atoms with Gasteiger partial charge in [-0.2, -0.15) is 5.10 Å². The first-order chi connectivity index (χ1) is 14.0. The second-order valence-corrected chi connectivity index (χ2v) is 7.53. The van der Waals surface area contributed by atoms with Crippen molar-refractivity contribution in [1.29, 1.82) is 0 Å². The van der Waals surface area contributed by atoms with Gasteiger partial charge in [-0.05, 0) is 49.6 Å². The fraction of sp³-hybridized carbons (Fsp3) is 0.250. The lowest BCUT2D eigenvalue weighted by Crippen LogP contribution is -2.30. The normalized spacial score (nSPS) is 12.7. The molecule has 0 bridgehead atoms. The predicted octanol–water partition coefficient (Wildman–Crippen LogP) is 4.04. The summed E-state index contributed by atoms with van der Waals surface area (Å²) in [7, 11) is 0. The average molecular weight is 434 g/mol. The lowest BCUT2D eigenvalue weighted by molar-refractivity contribution is 0.0949. The van der Waals surface area contributed by atoms with Crippen LogP contribution in [0.3, 0.4) is 0 Å². The number of hydrogen-bond acceptors (Lipinski definition) is 4. The van der Waals surface area contributed by atoms with Gasteiger partial charge in [0.2, 0.25) is 0 Å². The Morgan fingerprint density at radius 3 is 2.72 bits per heavy atom. The molecule has 9 heteroatoms. The average Bonchev–Trinajstić information content (AvgIpc) is 3.30. The zero-order chi connectivity index (χ0) is 20.4. The van der Waals surface area contributed by atoms with E-state index in [1.165, 1.54) is 18.3 Å². The van der Waals surface area contributed by atoms with Gasteiger partial charge < -0.3 is 10.6 Å². The van der Waals surface area contributed by atoms with Crippen LogP contribution in [0.1, 0.15) is 28.2 Å². The molecule has 0 atom stereocenters. The van der Waals surface area contributed by atoms with Crippen molar-refractivity contribution in [2.75, 3.05) is 18.4 Å². The summed E-state index contributed by atoms with van der Waals surface area (Å²) in [5.74, 6) is -0.0360. The zero-order valence-corrected chi connectivity index (χ0v) is 16.9. The maximum absolute atomic E-state index is 13.2. The zero-order valence-electron chi connectivity index (χ0n) is 15.4. The molecular weight excluding hydrogens is 416 g/mol. The number of amides is 1. The third-order valence-corrected chi connectivity index (χ3v) is 5.22. The lowest BCUT2D eigenvalue weighted by Gasteiger charge is -2.08. The van der Waals surface area contributed by atoms with E-state index in [4.69, 9.17) is 23.2 Å². The van der Waals surface area contributed by atoms with Crippen LogP contribution in [0.15, 0.2) is 36.5 Å². The molecule has 2 aromatic heterocycles. The Balaban J connectivity index is 1.42. The highest BCUT2D eigenvalue weighted by molar-refractivity contribution is 6.35. The molecule has 0 radical (unpaired) electrons. The number of nitrogens with zero attached hydrogens (tertiary/aromatic N) is 3. The first kappa shape index (κ1) is 19.7. The van der Waals surface area contributed by atoms with E-state index in [1.54, 1.807) is 22.9 Å². The highest BCUT2D eigenvalue weighted by Crippen LogP contribution is 2.28. The van der Waals surface area contributed by atoms with Crippen LogP contribution in [0.5, 0.6) is 0 Å². The Hall–Kier alpha value is -2.64. The van der Waals surface area contributed by atoms with Gasteiger partial charge >= 0.3 is 0 Å². The van der Waals surface area contributed by atoms with Crippen LogP contribution < -0.4 is 10.6 Å². The Morgan fingerprint density at radius 2 is 1.97 bits per heavy atom. The van der Waals surface area contributed by atoms with E-state index in [-0.39, 0.29) is 11.7 Å². The largest absolute Gasteiger partial charge is 0.367 e. The van der Waals surface area contributed by atoms with Crippen LogP contribution >= 0.6 is 23.2 Å². The summed E-state index contributed by atoms with van der Waals surface area (Å²) in [5, 5.41) is 11.3. The van der Waals surface area contributed by atoms with Crippen molar-refractivity contribution in [3.63, 3.8) is 0 Å². The van der Waals surface area contributed by atoms with Gasteiger partial charge in [-0.25, -0.2) is 14.1 Å². The van der Waals surface area contributed by atoms with E-state index < -0.39 is 0 Å². The number of aromatic nitrogens is 3. The van der Waals surface area contributed by atoms with Gasteiger partial charge in [-0.15, -0.1) is 0 Å². The SMILES string of the molecule is O=C(NCCNc1ncc(Cl)cc1Cl)c1nn(-c2ccc(F)cc2)c2c1CCC2. The molecule has 0 saturated carbocycles. The first-order valence-corrected chi connectivity index (χ1v) is 9.98. The van der Waals surface area contributed by atoms with Crippen molar-refractivity contribution in [1.82, 2.24) is 20.1 Å². The molecule has 1 aromatic carbocycles. The number of benzene rings is 1. The van der Waals surface area contributed by atoms with E-state index in [9.17, 15) is 9.18 Å². The van der Waals surface area contributed by atoms with Crippen LogP contribution in [-0.4, -0.2) is 33.8 Å². The number of fused-ring (bicyclic) bond motifs is 1. The molecule has 0 unspecified atom stereocenters. The third kappa shape index (κ3) is 4.21. The molecule has 0 fully saturated rings. The van der Waals surface area contributed by atoms with Crippen molar-refractivity contribution in [3.05, 3.63) is 69.3 Å². The molecule has 4 rings (SSSR count). The van der Waals surface area contributed by atoms with Crippen LogP contribution in [0.4, 0.5) is 10.2 Å². The topological polar surface area (TPSA) is 71.8 Å². The molecule has 3 aromatic rings. The molecule has 6 nitrogen and oxygen atoms in total. The summed E-state index contributed by atoms with van der Waals surface area (Å²) >= 11 is 11.9. The van der Waals surface area contributed by atoms with Crippen molar-refractivity contribution < 1.29 is 9.18 Å². The number of carbonyl (C=O) groups excluding carboxylic acids is 1. The second-order valence-electron chi connectivity index (χ2n) is 6.68. The van der Waals surface area contributed by atoms with Crippen LogP contribution in [-0.2, 0) is 12.8 Å². The number of hydrogen-bond donors (Lipinski definition) is 2. The van der Waals surface area contributed by atoms with Crippen molar-refractivity contribution >= 4 is 34.9 Å². The lowest BCUT2D eigenvalue weighted by atomic mass is 10.2. The molecule has 0 aliphatic heterocycles. The second kappa shape index (κ2) is 8.39. The number of rotatable bonds is 6. The molecule has 2 heterocycles. The fourth-order valence-corrected chi connectivity index (χ4v) is 3.85. The summed E-state index contributed by atoms with van der Waals surface area (Å²) < 4.78 is 15.0. The van der Waals surface area contributed by atoms with Gasteiger partial charge in [0, 0.05) is 30.5 Å². The van der Waals surface area contributed by atoms with Gasteiger partial charge in [-0.1, -0.05) is 23.2 Å². The van der Waals surface area contributed by atoms with Crippen molar-refractivity contribution in [2.24, 2.45) is 0 Å². The molecule has 1 amide bonds. The van der Waals surface area contributed by atoms with Crippen LogP contribution in [0.2, 0.25) is 10.0 Å². The fourth-order valence-electron chi connectivity index (χ4n) is 3.40. The van der Waals surface area contributed by atoms with Crippen molar-refractivity contribution in [3.8, 4) is 5.69 Å². The van der Waals surface area contributed by atoms with E-state index in [1.807, 2.05) is 0 Å². The maximum atomic E-state index is 13.2. The number of nitrogens with one attached hydrogen (secondary N) is 2. The highest BCUT2D eigenvalue weighted by atomic mass is 35.5. The summed E-state index contributed by atoms with van der Waals surface area (Å²) in [5.41, 5.74) is 3.14. The van der Waals surface area contributed by atoms with Gasteiger partial charge in [0.25, 0.3) is 5.91 Å². The summed E-state index contributed by atoms with van der Waals surface area (Å²) in [4.78, 5) is 16.8. The molecule has 0 spiro atoms. The van der Waals surface area contributed by atoms with E-state index in [0.29, 0.717) is 34.6 Å². The van der Waals surface area contributed by atoms with Crippen molar-refractivity contribution in [2.45, 2.75) is 19.3 Å². The Labute approximate surface area is 177 Å². The minimum atomic E-state index is -0.307. The summed E-state index contributed by atoms with van der Waals surface area (Å²) in [6.07, 6.45) is 4.12. The van der Waals surface area contributed by atoms with Crippen LogP contribution in [0, 0.1) is 5.82 Å². The quantitative estimate of drug-likeness (QED) is 0.575. The Bertz CT molecular complexity index is 1050. The minimum Gasteiger partial charge on any atom is -0.367 e. The number of anilines is 1. The van der Waals surface area contributed by atoms with E-state index in [0.717, 1.165) is 36.2 Å². The molecule has 2 N–H and O–H groups in total. The summed E-state index contributed by atoms with van der Waals surface area (Å²) in [6, 6.07) is 7.70. The number of pyridine rings is 1. The molecule has 1 aliphatic carbocycles. The maximum Gasteiger partial charge on any atom is 0.272 e. The standard InChI is InChI=1S/C20H18Cl2FN5O/c21-12-10-16(22)19(26-11-12)24-8-9-25-20(29)18-15-2-1-3-17(15)28(27-18)14-6-4-13(23)5-7-14/h4-7,10-11H,1-3,8-9H2,(H,24,26)(H,25,29). The predicted molar refractivity (Wildman–Crippen MR) is 111 cm³/mol.